The Labute approximate surface area is 126 Å². The highest BCUT2D eigenvalue weighted by Crippen LogP contribution is 2.23. The standard InChI is InChI=1S/C16H25N3O2/c1-5-6-13(14(17)19-21)15(20)18-12-9-7-11(8-10-12)16(2,3)4/h7-10,13,21H,5-6H2,1-4H3,(H2,17,19)(H,18,20). The highest BCUT2D eigenvalue weighted by Gasteiger charge is 2.22. The number of hydrogen-bond acceptors (Lipinski definition) is 3. The van der Waals surface area contributed by atoms with Crippen molar-refractivity contribution in [2.24, 2.45) is 16.8 Å². The Kier molecular flexibility index (Phi) is 5.76. The third-order valence-electron chi connectivity index (χ3n) is 3.38. The van der Waals surface area contributed by atoms with Crippen molar-refractivity contribution >= 4 is 17.4 Å². The van der Waals surface area contributed by atoms with Gasteiger partial charge in [-0.05, 0) is 29.5 Å². The second-order valence-electron chi connectivity index (χ2n) is 6.18. The van der Waals surface area contributed by atoms with E-state index in [1.165, 1.54) is 5.56 Å². The predicted octanol–water partition coefficient (Wildman–Crippen LogP) is 3.09. The van der Waals surface area contributed by atoms with Gasteiger partial charge in [0.2, 0.25) is 5.91 Å². The van der Waals surface area contributed by atoms with Crippen molar-refractivity contribution in [3.63, 3.8) is 0 Å². The van der Waals surface area contributed by atoms with Crippen molar-refractivity contribution in [1.82, 2.24) is 0 Å². The fourth-order valence-electron chi connectivity index (χ4n) is 2.05. The number of carbonyl (C=O) groups is 1. The molecule has 1 atom stereocenters. The maximum absolute atomic E-state index is 12.2. The van der Waals surface area contributed by atoms with Gasteiger partial charge in [0.1, 0.15) is 0 Å². The van der Waals surface area contributed by atoms with Crippen LogP contribution in [-0.4, -0.2) is 17.0 Å². The quantitative estimate of drug-likeness (QED) is 0.337. The molecule has 0 aliphatic carbocycles. The highest BCUT2D eigenvalue weighted by atomic mass is 16.4. The Balaban J connectivity index is 2.82. The number of benzene rings is 1. The van der Waals surface area contributed by atoms with Crippen molar-refractivity contribution in [3.05, 3.63) is 29.8 Å². The van der Waals surface area contributed by atoms with Crippen LogP contribution in [0.5, 0.6) is 0 Å². The zero-order chi connectivity index (χ0) is 16.0. The predicted molar refractivity (Wildman–Crippen MR) is 85.6 cm³/mol. The van der Waals surface area contributed by atoms with Crippen LogP contribution in [0.15, 0.2) is 29.4 Å². The Morgan fingerprint density at radius 2 is 1.90 bits per heavy atom. The molecule has 0 aromatic heterocycles. The maximum atomic E-state index is 12.2. The lowest BCUT2D eigenvalue weighted by Gasteiger charge is -2.20. The molecular weight excluding hydrogens is 266 g/mol. The van der Waals surface area contributed by atoms with Crippen molar-refractivity contribution in [3.8, 4) is 0 Å². The number of rotatable bonds is 5. The molecule has 0 heterocycles. The molecule has 0 bridgehead atoms. The third kappa shape index (κ3) is 4.77. The third-order valence-corrected chi connectivity index (χ3v) is 3.38. The molecule has 0 radical (unpaired) electrons. The van der Waals surface area contributed by atoms with Gasteiger partial charge in [-0.3, -0.25) is 4.79 Å². The molecule has 0 saturated carbocycles. The van der Waals surface area contributed by atoms with Crippen LogP contribution in [0, 0.1) is 5.92 Å². The van der Waals surface area contributed by atoms with Crippen LogP contribution in [0.1, 0.15) is 46.1 Å². The number of nitrogens with two attached hydrogens (primary N) is 1. The fourth-order valence-corrected chi connectivity index (χ4v) is 2.05. The average Bonchev–Trinajstić information content (AvgIpc) is 2.43. The van der Waals surface area contributed by atoms with Crippen LogP contribution < -0.4 is 11.1 Å². The summed E-state index contributed by atoms with van der Waals surface area (Å²) in [6.07, 6.45) is 1.32. The van der Waals surface area contributed by atoms with Crippen LogP contribution in [-0.2, 0) is 10.2 Å². The van der Waals surface area contributed by atoms with Gasteiger partial charge in [-0.15, -0.1) is 0 Å². The summed E-state index contributed by atoms with van der Waals surface area (Å²) in [5.74, 6) is -0.918. The van der Waals surface area contributed by atoms with Crippen molar-refractivity contribution in [2.75, 3.05) is 5.32 Å². The first-order valence-electron chi connectivity index (χ1n) is 7.18. The van der Waals surface area contributed by atoms with E-state index in [4.69, 9.17) is 10.9 Å². The molecule has 116 valence electrons. The summed E-state index contributed by atoms with van der Waals surface area (Å²) in [4.78, 5) is 12.2. The molecule has 0 saturated heterocycles. The van der Waals surface area contributed by atoms with Gasteiger partial charge in [0.25, 0.3) is 0 Å². The molecule has 0 aliphatic heterocycles. The SMILES string of the molecule is CCCC(C(=O)Nc1ccc(C(C)(C)C)cc1)C(N)=NO. The molecule has 0 aliphatic rings. The van der Waals surface area contributed by atoms with Crippen molar-refractivity contribution in [2.45, 2.75) is 46.0 Å². The van der Waals surface area contributed by atoms with E-state index in [9.17, 15) is 4.79 Å². The van der Waals surface area contributed by atoms with Gasteiger partial charge in [0.05, 0.1) is 5.92 Å². The Bertz CT molecular complexity index is 501. The van der Waals surface area contributed by atoms with E-state index in [-0.39, 0.29) is 17.2 Å². The topological polar surface area (TPSA) is 87.7 Å². The number of hydrogen-bond donors (Lipinski definition) is 3. The van der Waals surface area contributed by atoms with Crippen molar-refractivity contribution < 1.29 is 10.0 Å². The maximum Gasteiger partial charge on any atom is 0.235 e. The normalized spacial score (nSPS) is 13.8. The first-order valence-corrected chi connectivity index (χ1v) is 7.18. The average molecular weight is 291 g/mol. The van der Waals surface area contributed by atoms with E-state index < -0.39 is 5.92 Å². The minimum Gasteiger partial charge on any atom is -0.409 e. The lowest BCUT2D eigenvalue weighted by Crippen LogP contribution is -2.34. The molecule has 5 heteroatoms. The molecule has 1 rings (SSSR count). The summed E-state index contributed by atoms with van der Waals surface area (Å²) in [6.45, 7) is 8.35. The Morgan fingerprint density at radius 3 is 2.33 bits per heavy atom. The van der Waals surface area contributed by atoms with Crippen LogP contribution in [0.4, 0.5) is 5.69 Å². The number of carbonyl (C=O) groups excluding carboxylic acids is 1. The largest absolute Gasteiger partial charge is 0.409 e. The zero-order valence-electron chi connectivity index (χ0n) is 13.2. The summed E-state index contributed by atoms with van der Waals surface area (Å²) in [5, 5.41) is 14.5. The molecular formula is C16H25N3O2. The number of amidine groups is 1. The second kappa shape index (κ2) is 7.11. The van der Waals surface area contributed by atoms with Gasteiger partial charge in [0, 0.05) is 5.69 Å². The molecule has 0 spiro atoms. The number of nitrogens with one attached hydrogen (secondary N) is 1. The smallest absolute Gasteiger partial charge is 0.235 e. The lowest BCUT2D eigenvalue weighted by molar-refractivity contribution is -0.118. The Hall–Kier alpha value is -2.04. The highest BCUT2D eigenvalue weighted by molar-refractivity contribution is 6.07. The van der Waals surface area contributed by atoms with Gasteiger partial charge >= 0.3 is 0 Å². The molecule has 4 N–H and O–H groups in total. The van der Waals surface area contributed by atoms with Gasteiger partial charge < -0.3 is 16.3 Å². The number of anilines is 1. The Morgan fingerprint density at radius 1 is 1.33 bits per heavy atom. The zero-order valence-corrected chi connectivity index (χ0v) is 13.2. The van der Waals surface area contributed by atoms with E-state index in [0.717, 1.165) is 6.42 Å². The van der Waals surface area contributed by atoms with Crippen LogP contribution in [0.25, 0.3) is 0 Å². The van der Waals surface area contributed by atoms with Gasteiger partial charge in [-0.1, -0.05) is 51.4 Å². The lowest BCUT2D eigenvalue weighted by atomic mass is 9.87. The number of oxime groups is 1. The monoisotopic (exact) mass is 291 g/mol. The summed E-state index contributed by atoms with van der Waals surface area (Å²) in [7, 11) is 0. The van der Waals surface area contributed by atoms with E-state index >= 15 is 0 Å². The van der Waals surface area contributed by atoms with Gasteiger partial charge in [-0.25, -0.2) is 0 Å². The van der Waals surface area contributed by atoms with Gasteiger partial charge in [-0.2, -0.15) is 0 Å². The van der Waals surface area contributed by atoms with Crippen LogP contribution in [0.3, 0.4) is 0 Å². The van der Waals surface area contributed by atoms with E-state index in [2.05, 4.69) is 31.2 Å². The molecule has 1 unspecified atom stereocenters. The summed E-state index contributed by atoms with van der Waals surface area (Å²) in [6, 6.07) is 7.73. The minimum absolute atomic E-state index is 0.0549. The molecule has 1 amide bonds. The van der Waals surface area contributed by atoms with Crippen molar-refractivity contribution in [1.29, 1.82) is 0 Å². The number of nitrogens with zero attached hydrogens (tertiary/aromatic N) is 1. The first kappa shape index (κ1) is 17.0. The van der Waals surface area contributed by atoms with E-state index in [0.29, 0.717) is 12.1 Å². The first-order chi connectivity index (χ1) is 9.79. The van der Waals surface area contributed by atoms with Crippen LogP contribution >= 0.6 is 0 Å². The molecule has 21 heavy (non-hydrogen) atoms. The minimum atomic E-state index is -0.609. The summed E-state index contributed by atoms with van der Waals surface area (Å²) >= 11 is 0. The molecule has 1 aromatic rings. The van der Waals surface area contributed by atoms with Gasteiger partial charge in [0.15, 0.2) is 5.84 Å². The summed E-state index contributed by atoms with van der Waals surface area (Å²) in [5.41, 5.74) is 7.55. The van der Waals surface area contributed by atoms with Crippen LogP contribution in [0.2, 0.25) is 0 Å². The molecule has 1 aromatic carbocycles. The summed E-state index contributed by atoms with van der Waals surface area (Å²) < 4.78 is 0. The van der Waals surface area contributed by atoms with E-state index in [1.54, 1.807) is 0 Å². The van der Waals surface area contributed by atoms with E-state index in [1.807, 2.05) is 31.2 Å². The molecule has 0 fully saturated rings. The molecule has 5 nitrogen and oxygen atoms in total. The number of amides is 1. The fraction of sp³-hybridized carbons (Fsp3) is 0.500. The second-order valence-corrected chi connectivity index (χ2v) is 6.18.